The van der Waals surface area contributed by atoms with E-state index < -0.39 is 10.0 Å². The van der Waals surface area contributed by atoms with Crippen molar-refractivity contribution in [2.75, 3.05) is 0 Å². The van der Waals surface area contributed by atoms with E-state index in [1.54, 1.807) is 24.3 Å². The van der Waals surface area contributed by atoms with Gasteiger partial charge in [0.05, 0.1) is 4.90 Å². The standard InChI is InChI=1S/C10H8NO3S/c11-15(13,14)8-5-7-3-1-2-4-9(7)10(12)6-8/h1-6H,(H2,11,13,14). The third-order valence-corrected chi connectivity index (χ3v) is 3.02. The lowest BCUT2D eigenvalue weighted by atomic mass is 10.1. The molecule has 0 aliphatic rings. The molecular weight excluding hydrogens is 214 g/mol. The fourth-order valence-electron chi connectivity index (χ4n) is 1.41. The van der Waals surface area contributed by atoms with Crippen LogP contribution in [0, 0.1) is 0 Å². The summed E-state index contributed by atoms with van der Waals surface area (Å²) in [7, 11) is -3.82. The van der Waals surface area contributed by atoms with Gasteiger partial charge in [0.1, 0.15) is 0 Å². The molecule has 0 fully saturated rings. The zero-order valence-corrected chi connectivity index (χ0v) is 8.49. The molecule has 0 spiro atoms. The lowest BCUT2D eigenvalue weighted by Crippen LogP contribution is -2.11. The quantitative estimate of drug-likeness (QED) is 0.795. The zero-order valence-electron chi connectivity index (χ0n) is 7.67. The minimum Gasteiger partial charge on any atom is -0.289 e. The van der Waals surface area contributed by atoms with E-state index in [1.807, 2.05) is 0 Å². The highest BCUT2D eigenvalue weighted by Crippen LogP contribution is 2.28. The maximum atomic E-state index is 11.5. The van der Waals surface area contributed by atoms with Gasteiger partial charge >= 0.3 is 0 Å². The first kappa shape index (κ1) is 9.95. The van der Waals surface area contributed by atoms with E-state index in [4.69, 9.17) is 5.14 Å². The van der Waals surface area contributed by atoms with E-state index in [0.717, 1.165) is 6.07 Å². The van der Waals surface area contributed by atoms with E-state index in [1.165, 1.54) is 6.07 Å². The summed E-state index contributed by atoms with van der Waals surface area (Å²) in [6.45, 7) is 0. The van der Waals surface area contributed by atoms with Crippen LogP contribution in [-0.4, -0.2) is 8.42 Å². The molecule has 15 heavy (non-hydrogen) atoms. The summed E-state index contributed by atoms with van der Waals surface area (Å²) in [6, 6.07) is 9.20. The van der Waals surface area contributed by atoms with Crippen LogP contribution in [0.3, 0.4) is 0 Å². The lowest BCUT2D eigenvalue weighted by Gasteiger charge is -2.02. The first-order chi connectivity index (χ1) is 6.98. The minimum absolute atomic E-state index is 0.147. The molecule has 0 atom stereocenters. The Bertz CT molecular complexity index is 620. The van der Waals surface area contributed by atoms with Gasteiger partial charge in [0.2, 0.25) is 10.0 Å². The van der Waals surface area contributed by atoms with Gasteiger partial charge < -0.3 is 0 Å². The van der Waals surface area contributed by atoms with Crippen LogP contribution in [0.5, 0.6) is 5.75 Å². The molecule has 1 radical (unpaired) electrons. The van der Waals surface area contributed by atoms with Crippen LogP contribution in [0.25, 0.3) is 10.8 Å². The van der Waals surface area contributed by atoms with E-state index in [-0.39, 0.29) is 10.6 Å². The molecule has 0 heterocycles. The van der Waals surface area contributed by atoms with Crippen molar-refractivity contribution in [3.63, 3.8) is 0 Å². The van der Waals surface area contributed by atoms with Crippen molar-refractivity contribution in [1.29, 1.82) is 0 Å². The summed E-state index contributed by atoms with van der Waals surface area (Å²) in [4.78, 5) is -0.147. The molecule has 4 nitrogen and oxygen atoms in total. The summed E-state index contributed by atoms with van der Waals surface area (Å²) in [6.07, 6.45) is 0. The monoisotopic (exact) mass is 222 g/mol. The van der Waals surface area contributed by atoms with E-state index in [9.17, 15) is 13.5 Å². The Labute approximate surface area is 87.0 Å². The lowest BCUT2D eigenvalue weighted by molar-refractivity contribution is 0.359. The summed E-state index contributed by atoms with van der Waals surface area (Å²) in [5.74, 6) is -0.336. The Morgan fingerprint density at radius 3 is 2.40 bits per heavy atom. The number of sulfonamides is 1. The Kier molecular flexibility index (Phi) is 2.13. The van der Waals surface area contributed by atoms with Gasteiger partial charge in [0.15, 0.2) is 5.75 Å². The second-order valence-corrected chi connectivity index (χ2v) is 4.75. The largest absolute Gasteiger partial charge is 0.289 e. The molecule has 0 bridgehead atoms. The smallest absolute Gasteiger partial charge is 0.238 e. The van der Waals surface area contributed by atoms with Crippen LogP contribution in [-0.2, 0) is 15.1 Å². The predicted octanol–water partition coefficient (Wildman–Crippen LogP) is 1.63. The van der Waals surface area contributed by atoms with Crippen molar-refractivity contribution >= 4 is 20.8 Å². The van der Waals surface area contributed by atoms with Crippen molar-refractivity contribution in [2.24, 2.45) is 5.14 Å². The summed E-state index contributed by atoms with van der Waals surface area (Å²) in [5, 5.41) is 17.5. The first-order valence-electron chi connectivity index (χ1n) is 4.21. The molecule has 2 aromatic carbocycles. The van der Waals surface area contributed by atoms with E-state index in [0.29, 0.717) is 10.8 Å². The maximum Gasteiger partial charge on any atom is 0.238 e. The summed E-state index contributed by atoms with van der Waals surface area (Å²) < 4.78 is 22.1. The van der Waals surface area contributed by atoms with Crippen molar-refractivity contribution in [2.45, 2.75) is 4.90 Å². The molecule has 0 saturated carbocycles. The topological polar surface area (TPSA) is 80.1 Å². The molecule has 0 aromatic heterocycles. The number of primary sulfonamides is 1. The molecule has 2 N–H and O–H groups in total. The Balaban J connectivity index is 2.85. The van der Waals surface area contributed by atoms with Crippen molar-refractivity contribution in [3.8, 4) is 5.75 Å². The van der Waals surface area contributed by atoms with Crippen LogP contribution in [0.15, 0.2) is 41.3 Å². The Morgan fingerprint density at radius 1 is 1.07 bits per heavy atom. The molecule has 5 heteroatoms. The number of nitrogens with two attached hydrogens (primary N) is 1. The SMILES string of the molecule is NS(=O)(=O)c1cc([O])c2ccccc2c1. The molecule has 77 valence electrons. The highest BCUT2D eigenvalue weighted by atomic mass is 32.2. The Hall–Kier alpha value is -1.59. The third kappa shape index (κ3) is 1.79. The molecule has 0 saturated heterocycles. The summed E-state index contributed by atoms with van der Waals surface area (Å²) >= 11 is 0. The fourth-order valence-corrected chi connectivity index (χ4v) is 1.98. The van der Waals surface area contributed by atoms with Gasteiger partial charge in [-0.1, -0.05) is 24.3 Å². The van der Waals surface area contributed by atoms with Gasteiger partial charge in [0.25, 0.3) is 0 Å². The highest BCUT2D eigenvalue weighted by molar-refractivity contribution is 7.89. The Morgan fingerprint density at radius 2 is 1.73 bits per heavy atom. The number of hydrogen-bond donors (Lipinski definition) is 1. The predicted molar refractivity (Wildman–Crippen MR) is 55.5 cm³/mol. The van der Waals surface area contributed by atoms with Gasteiger partial charge in [-0.05, 0) is 11.5 Å². The number of fused-ring (bicyclic) bond motifs is 1. The molecule has 2 aromatic rings. The molecule has 0 unspecified atom stereocenters. The number of hydrogen-bond acceptors (Lipinski definition) is 2. The van der Waals surface area contributed by atoms with Crippen LogP contribution < -0.4 is 5.14 Å². The first-order valence-corrected chi connectivity index (χ1v) is 5.76. The van der Waals surface area contributed by atoms with Gasteiger partial charge in [-0.15, -0.1) is 0 Å². The molecule has 0 aliphatic carbocycles. The minimum atomic E-state index is -3.82. The molecular formula is C10H8NO3S. The van der Waals surface area contributed by atoms with Crippen molar-refractivity contribution < 1.29 is 13.5 Å². The second-order valence-electron chi connectivity index (χ2n) is 3.19. The maximum absolute atomic E-state index is 11.5. The van der Waals surface area contributed by atoms with Crippen molar-refractivity contribution in [3.05, 3.63) is 36.4 Å². The van der Waals surface area contributed by atoms with E-state index in [2.05, 4.69) is 0 Å². The number of rotatable bonds is 1. The zero-order chi connectivity index (χ0) is 11.1. The van der Waals surface area contributed by atoms with Gasteiger partial charge in [-0.2, -0.15) is 0 Å². The highest BCUT2D eigenvalue weighted by Gasteiger charge is 2.12. The van der Waals surface area contributed by atoms with Crippen LogP contribution in [0.1, 0.15) is 0 Å². The summed E-state index contributed by atoms with van der Waals surface area (Å²) in [5.41, 5.74) is 0. The molecule has 0 aliphatic heterocycles. The normalized spacial score (nSPS) is 11.8. The van der Waals surface area contributed by atoms with Crippen LogP contribution >= 0.6 is 0 Å². The molecule has 0 amide bonds. The number of benzene rings is 2. The van der Waals surface area contributed by atoms with Gasteiger partial charge in [0, 0.05) is 11.5 Å². The van der Waals surface area contributed by atoms with Gasteiger partial charge in [-0.3, -0.25) is 5.11 Å². The van der Waals surface area contributed by atoms with E-state index >= 15 is 0 Å². The van der Waals surface area contributed by atoms with Gasteiger partial charge in [-0.25, -0.2) is 13.6 Å². The van der Waals surface area contributed by atoms with Crippen LogP contribution in [0.4, 0.5) is 0 Å². The van der Waals surface area contributed by atoms with Crippen molar-refractivity contribution in [1.82, 2.24) is 0 Å². The average molecular weight is 222 g/mol. The second kappa shape index (κ2) is 3.22. The third-order valence-electron chi connectivity index (χ3n) is 2.13. The molecule has 2 rings (SSSR count). The van der Waals surface area contributed by atoms with Crippen LogP contribution in [0.2, 0.25) is 0 Å². The fraction of sp³-hybridized carbons (Fsp3) is 0. The average Bonchev–Trinajstić information content (AvgIpc) is 2.16.